The summed E-state index contributed by atoms with van der Waals surface area (Å²) in [5.41, 5.74) is -0.491. The van der Waals surface area contributed by atoms with Crippen molar-refractivity contribution in [3.05, 3.63) is 0 Å². The summed E-state index contributed by atoms with van der Waals surface area (Å²) in [7, 11) is 1.64. The lowest BCUT2D eigenvalue weighted by molar-refractivity contribution is -0.121. The van der Waals surface area contributed by atoms with Gasteiger partial charge in [-0.15, -0.1) is 0 Å². The zero-order valence-corrected chi connectivity index (χ0v) is 15.0. The highest BCUT2D eigenvalue weighted by Gasteiger charge is 2.33. The summed E-state index contributed by atoms with van der Waals surface area (Å²) >= 11 is 3.52. The van der Waals surface area contributed by atoms with Crippen LogP contribution >= 0.6 is 15.9 Å². The maximum absolute atomic E-state index is 12.3. The maximum Gasteiger partial charge on any atom is 0.410 e. The standard InChI is InChI=1S/C15H27BrN2O3/c1-15(2,3)21-14(20)18-8-7-11(10-16)9-12(18)5-6-13(19)17-4/h11-12H,5-10H2,1-4H3,(H,17,19). The Balaban J connectivity index is 2.68. The molecule has 0 aromatic rings. The van der Waals surface area contributed by atoms with Crippen molar-refractivity contribution >= 4 is 27.9 Å². The van der Waals surface area contributed by atoms with Gasteiger partial charge in [-0.05, 0) is 46.0 Å². The molecular formula is C15H27BrN2O3. The fourth-order valence-corrected chi connectivity index (χ4v) is 3.12. The van der Waals surface area contributed by atoms with E-state index in [2.05, 4.69) is 21.2 Å². The molecule has 0 saturated carbocycles. The van der Waals surface area contributed by atoms with E-state index in [1.807, 2.05) is 20.8 Å². The summed E-state index contributed by atoms with van der Waals surface area (Å²) in [6, 6.07) is 0.0773. The van der Waals surface area contributed by atoms with Crippen molar-refractivity contribution in [3.8, 4) is 0 Å². The Labute approximate surface area is 135 Å². The predicted molar refractivity (Wildman–Crippen MR) is 86.5 cm³/mol. The third kappa shape index (κ3) is 6.24. The summed E-state index contributed by atoms with van der Waals surface area (Å²) in [4.78, 5) is 25.6. The number of hydrogen-bond acceptors (Lipinski definition) is 3. The fraction of sp³-hybridized carbons (Fsp3) is 0.867. The first kappa shape index (κ1) is 18.3. The fourth-order valence-electron chi connectivity index (χ4n) is 2.53. The average Bonchev–Trinajstić information content (AvgIpc) is 2.42. The third-order valence-corrected chi connectivity index (χ3v) is 4.57. The minimum Gasteiger partial charge on any atom is -0.444 e. The normalized spacial score (nSPS) is 22.8. The van der Waals surface area contributed by atoms with Crippen molar-refractivity contribution in [2.45, 2.75) is 58.1 Å². The van der Waals surface area contributed by atoms with Crippen molar-refractivity contribution in [3.63, 3.8) is 0 Å². The number of carbonyl (C=O) groups is 2. The molecule has 0 radical (unpaired) electrons. The molecule has 122 valence electrons. The van der Waals surface area contributed by atoms with Crippen LogP contribution in [0, 0.1) is 5.92 Å². The molecule has 0 aromatic carbocycles. The first-order chi connectivity index (χ1) is 9.76. The summed E-state index contributed by atoms with van der Waals surface area (Å²) < 4.78 is 5.48. The van der Waals surface area contributed by atoms with Crippen LogP contribution in [-0.2, 0) is 9.53 Å². The van der Waals surface area contributed by atoms with Gasteiger partial charge in [0.1, 0.15) is 5.60 Å². The van der Waals surface area contributed by atoms with E-state index in [1.165, 1.54) is 0 Å². The molecule has 1 saturated heterocycles. The lowest BCUT2D eigenvalue weighted by atomic mass is 9.90. The van der Waals surface area contributed by atoms with Crippen LogP contribution in [0.15, 0.2) is 0 Å². The summed E-state index contributed by atoms with van der Waals surface area (Å²) in [5, 5.41) is 3.57. The number of nitrogens with zero attached hydrogens (tertiary/aromatic N) is 1. The van der Waals surface area contributed by atoms with Gasteiger partial charge in [-0.3, -0.25) is 4.79 Å². The molecule has 2 amide bonds. The lowest BCUT2D eigenvalue weighted by Gasteiger charge is -2.39. The second kappa shape index (κ2) is 8.01. The van der Waals surface area contributed by atoms with Crippen LogP contribution in [0.3, 0.4) is 0 Å². The quantitative estimate of drug-likeness (QED) is 0.782. The Morgan fingerprint density at radius 3 is 2.57 bits per heavy atom. The third-order valence-electron chi connectivity index (χ3n) is 3.65. The molecule has 6 heteroatoms. The zero-order valence-electron chi connectivity index (χ0n) is 13.4. The highest BCUT2D eigenvalue weighted by molar-refractivity contribution is 9.09. The van der Waals surface area contributed by atoms with E-state index < -0.39 is 5.60 Å². The Bertz CT molecular complexity index is 368. The van der Waals surface area contributed by atoms with E-state index in [4.69, 9.17) is 4.74 Å². The Morgan fingerprint density at radius 2 is 2.05 bits per heavy atom. The molecule has 21 heavy (non-hydrogen) atoms. The van der Waals surface area contributed by atoms with Gasteiger partial charge < -0.3 is 15.0 Å². The molecule has 0 aromatic heterocycles. The van der Waals surface area contributed by atoms with Gasteiger partial charge in [0, 0.05) is 31.4 Å². The van der Waals surface area contributed by atoms with E-state index in [9.17, 15) is 9.59 Å². The molecule has 1 aliphatic rings. The molecule has 2 atom stereocenters. The zero-order chi connectivity index (χ0) is 16.0. The van der Waals surface area contributed by atoms with Crippen LogP contribution in [0.1, 0.15) is 46.5 Å². The predicted octanol–water partition coefficient (Wildman–Crippen LogP) is 2.92. The monoisotopic (exact) mass is 362 g/mol. The van der Waals surface area contributed by atoms with E-state index in [-0.39, 0.29) is 18.0 Å². The van der Waals surface area contributed by atoms with Gasteiger partial charge in [0.25, 0.3) is 0 Å². The molecule has 1 aliphatic heterocycles. The highest BCUT2D eigenvalue weighted by atomic mass is 79.9. The maximum atomic E-state index is 12.3. The van der Waals surface area contributed by atoms with Crippen molar-refractivity contribution in [2.24, 2.45) is 5.92 Å². The number of halogens is 1. The highest BCUT2D eigenvalue weighted by Crippen LogP contribution is 2.28. The number of rotatable bonds is 4. The van der Waals surface area contributed by atoms with Crippen LogP contribution in [0.5, 0.6) is 0 Å². The van der Waals surface area contributed by atoms with Crippen molar-refractivity contribution in [2.75, 3.05) is 18.9 Å². The van der Waals surface area contributed by atoms with Gasteiger partial charge in [0.2, 0.25) is 5.91 Å². The van der Waals surface area contributed by atoms with Gasteiger partial charge in [-0.1, -0.05) is 15.9 Å². The molecule has 1 N–H and O–H groups in total. The van der Waals surface area contributed by atoms with E-state index in [0.29, 0.717) is 25.3 Å². The average molecular weight is 363 g/mol. The minimum atomic E-state index is -0.491. The molecule has 0 aliphatic carbocycles. The number of alkyl halides is 1. The Hall–Kier alpha value is -0.780. The number of amides is 2. The number of hydrogen-bond donors (Lipinski definition) is 1. The van der Waals surface area contributed by atoms with Crippen LogP contribution in [0.25, 0.3) is 0 Å². The van der Waals surface area contributed by atoms with Crippen molar-refractivity contribution in [1.29, 1.82) is 0 Å². The lowest BCUT2D eigenvalue weighted by Crippen LogP contribution is -2.48. The first-order valence-electron chi connectivity index (χ1n) is 7.53. The van der Waals surface area contributed by atoms with Gasteiger partial charge in [0.15, 0.2) is 0 Å². The van der Waals surface area contributed by atoms with Crippen LogP contribution < -0.4 is 5.32 Å². The number of nitrogens with one attached hydrogen (secondary N) is 1. The second-order valence-electron chi connectivity index (χ2n) is 6.58. The Morgan fingerprint density at radius 1 is 1.38 bits per heavy atom. The van der Waals surface area contributed by atoms with Crippen LogP contribution in [0.2, 0.25) is 0 Å². The largest absolute Gasteiger partial charge is 0.444 e. The van der Waals surface area contributed by atoms with E-state index in [0.717, 1.165) is 18.2 Å². The van der Waals surface area contributed by atoms with Crippen LogP contribution in [0.4, 0.5) is 4.79 Å². The summed E-state index contributed by atoms with van der Waals surface area (Å²) in [6.07, 6.45) is 2.75. The minimum absolute atomic E-state index is 0.0140. The molecule has 0 spiro atoms. The van der Waals surface area contributed by atoms with Gasteiger partial charge >= 0.3 is 6.09 Å². The van der Waals surface area contributed by atoms with Gasteiger partial charge in [-0.25, -0.2) is 4.79 Å². The number of likely N-dealkylation sites (tertiary alicyclic amines) is 1. The summed E-state index contributed by atoms with van der Waals surface area (Å²) in [5.74, 6) is 0.568. The molecule has 1 fully saturated rings. The number of ether oxygens (including phenoxy) is 1. The van der Waals surface area contributed by atoms with Crippen molar-refractivity contribution < 1.29 is 14.3 Å². The molecular weight excluding hydrogens is 336 g/mol. The molecule has 1 rings (SSSR count). The van der Waals surface area contributed by atoms with Gasteiger partial charge in [0.05, 0.1) is 0 Å². The summed E-state index contributed by atoms with van der Waals surface area (Å²) in [6.45, 7) is 6.31. The molecule has 2 unspecified atom stereocenters. The SMILES string of the molecule is CNC(=O)CCC1CC(CBr)CCN1C(=O)OC(C)(C)C. The topological polar surface area (TPSA) is 58.6 Å². The Kier molecular flexibility index (Phi) is 6.97. The molecule has 0 bridgehead atoms. The number of piperidine rings is 1. The first-order valence-corrected chi connectivity index (χ1v) is 8.65. The van der Waals surface area contributed by atoms with E-state index >= 15 is 0 Å². The number of carbonyl (C=O) groups excluding carboxylic acids is 2. The van der Waals surface area contributed by atoms with Gasteiger partial charge in [-0.2, -0.15) is 0 Å². The molecule has 5 nitrogen and oxygen atoms in total. The van der Waals surface area contributed by atoms with Crippen LogP contribution in [-0.4, -0.2) is 47.5 Å². The van der Waals surface area contributed by atoms with Crippen molar-refractivity contribution in [1.82, 2.24) is 10.2 Å². The molecule has 1 heterocycles. The van der Waals surface area contributed by atoms with E-state index in [1.54, 1.807) is 11.9 Å². The second-order valence-corrected chi connectivity index (χ2v) is 7.23. The smallest absolute Gasteiger partial charge is 0.410 e.